The minimum Gasteiger partial charge on any atom is -0.234 e. The highest BCUT2D eigenvalue weighted by molar-refractivity contribution is 9.10. The van der Waals surface area contributed by atoms with Gasteiger partial charge in [-0.3, -0.25) is 0 Å². The number of hydrogen-bond donors (Lipinski definition) is 0. The minimum absolute atomic E-state index is 0.751. The highest BCUT2D eigenvalue weighted by Gasteiger charge is 1.99. The molecule has 0 spiro atoms. The molecular formula is C11H7BrClNS. The smallest absolute Gasteiger partial charge is 0.107 e. The van der Waals surface area contributed by atoms with Crippen molar-refractivity contribution in [2.45, 2.75) is 9.92 Å². The van der Waals surface area contributed by atoms with Crippen LogP contribution in [0.4, 0.5) is 0 Å². The molecule has 0 radical (unpaired) electrons. The third kappa shape index (κ3) is 3.23. The summed E-state index contributed by atoms with van der Waals surface area (Å²) in [5.41, 5.74) is 0. The van der Waals surface area contributed by atoms with Crippen LogP contribution in [-0.4, -0.2) is 4.98 Å². The Morgan fingerprint density at radius 3 is 2.47 bits per heavy atom. The van der Waals surface area contributed by atoms with E-state index in [1.165, 1.54) is 0 Å². The lowest BCUT2D eigenvalue weighted by atomic mass is 10.4. The van der Waals surface area contributed by atoms with Crippen molar-refractivity contribution < 1.29 is 0 Å². The topological polar surface area (TPSA) is 12.9 Å². The molecule has 1 aromatic heterocycles. The lowest BCUT2D eigenvalue weighted by molar-refractivity contribution is 1.10. The van der Waals surface area contributed by atoms with E-state index >= 15 is 0 Å². The second-order valence-electron chi connectivity index (χ2n) is 2.85. The van der Waals surface area contributed by atoms with Gasteiger partial charge >= 0.3 is 0 Å². The molecule has 0 aliphatic carbocycles. The van der Waals surface area contributed by atoms with E-state index in [-0.39, 0.29) is 0 Å². The number of aromatic nitrogens is 1. The predicted octanol–water partition coefficient (Wildman–Crippen LogP) is 4.65. The van der Waals surface area contributed by atoms with Gasteiger partial charge in [0.1, 0.15) is 9.63 Å². The Kier molecular flexibility index (Phi) is 3.67. The van der Waals surface area contributed by atoms with Gasteiger partial charge in [0.05, 0.1) is 0 Å². The fraction of sp³-hybridized carbons (Fsp3) is 0. The van der Waals surface area contributed by atoms with E-state index in [1.807, 2.05) is 42.5 Å². The molecule has 76 valence electrons. The number of pyridine rings is 1. The Balaban J connectivity index is 2.18. The van der Waals surface area contributed by atoms with E-state index < -0.39 is 0 Å². The first-order valence-corrected chi connectivity index (χ1v) is 6.29. The normalized spacial score (nSPS) is 10.3. The molecular weight excluding hydrogens is 294 g/mol. The van der Waals surface area contributed by atoms with Crippen LogP contribution in [0.15, 0.2) is 57.0 Å². The zero-order valence-electron chi connectivity index (χ0n) is 7.65. The van der Waals surface area contributed by atoms with Gasteiger partial charge in [0.15, 0.2) is 0 Å². The first-order chi connectivity index (χ1) is 7.24. The van der Waals surface area contributed by atoms with E-state index in [2.05, 4.69) is 20.9 Å². The molecule has 0 aliphatic heterocycles. The highest BCUT2D eigenvalue weighted by Crippen LogP contribution is 2.27. The van der Waals surface area contributed by atoms with Crippen molar-refractivity contribution in [2.75, 3.05) is 0 Å². The zero-order chi connectivity index (χ0) is 10.7. The molecule has 0 amide bonds. The first-order valence-electron chi connectivity index (χ1n) is 4.30. The average Bonchev–Trinajstić information content (AvgIpc) is 2.22. The van der Waals surface area contributed by atoms with Crippen LogP contribution < -0.4 is 0 Å². The van der Waals surface area contributed by atoms with Gasteiger partial charge < -0.3 is 0 Å². The fourth-order valence-corrected chi connectivity index (χ4v) is 2.46. The van der Waals surface area contributed by atoms with Crippen LogP contribution in [0, 0.1) is 0 Å². The Bertz CT molecular complexity index is 458. The summed E-state index contributed by atoms with van der Waals surface area (Å²) >= 11 is 10.8. The molecule has 0 atom stereocenters. The zero-order valence-corrected chi connectivity index (χ0v) is 10.8. The number of nitrogens with zero attached hydrogens (tertiary/aromatic N) is 1. The van der Waals surface area contributed by atoms with Crippen molar-refractivity contribution in [3.63, 3.8) is 0 Å². The molecule has 0 N–H and O–H groups in total. The summed E-state index contributed by atoms with van der Waals surface area (Å²) in [4.78, 5) is 5.47. The second kappa shape index (κ2) is 5.01. The Morgan fingerprint density at radius 1 is 1.07 bits per heavy atom. The first kappa shape index (κ1) is 11.0. The monoisotopic (exact) mass is 299 g/mol. The number of hydrogen-bond acceptors (Lipinski definition) is 2. The maximum atomic E-state index is 5.81. The largest absolute Gasteiger partial charge is 0.234 e. The van der Waals surface area contributed by atoms with Gasteiger partial charge in [-0.2, -0.15) is 0 Å². The fourth-order valence-electron chi connectivity index (χ4n) is 1.07. The van der Waals surface area contributed by atoms with E-state index in [1.54, 1.807) is 11.8 Å². The number of benzene rings is 1. The maximum Gasteiger partial charge on any atom is 0.107 e. The summed E-state index contributed by atoms with van der Waals surface area (Å²) in [6.45, 7) is 0. The SMILES string of the molecule is Clc1ccc(Sc2cccc(Br)n2)cc1. The average molecular weight is 301 g/mol. The van der Waals surface area contributed by atoms with Gasteiger partial charge in [0, 0.05) is 9.92 Å². The van der Waals surface area contributed by atoms with Crippen LogP contribution in [0.1, 0.15) is 0 Å². The van der Waals surface area contributed by atoms with E-state index in [0.29, 0.717) is 0 Å². The van der Waals surface area contributed by atoms with Crippen LogP contribution in [0.5, 0.6) is 0 Å². The van der Waals surface area contributed by atoms with Gasteiger partial charge in [0.2, 0.25) is 0 Å². The molecule has 0 unspecified atom stereocenters. The van der Waals surface area contributed by atoms with Crippen molar-refractivity contribution in [2.24, 2.45) is 0 Å². The van der Waals surface area contributed by atoms with Crippen molar-refractivity contribution in [3.05, 3.63) is 52.1 Å². The van der Waals surface area contributed by atoms with Gasteiger partial charge in [-0.25, -0.2) is 4.98 Å². The van der Waals surface area contributed by atoms with E-state index in [0.717, 1.165) is 19.5 Å². The molecule has 2 aromatic rings. The third-order valence-corrected chi connectivity index (χ3v) is 3.36. The standard InChI is InChI=1S/C11H7BrClNS/c12-10-2-1-3-11(14-10)15-9-6-4-8(13)5-7-9/h1-7H. The van der Waals surface area contributed by atoms with Gasteiger partial charge in [-0.05, 0) is 52.3 Å². The molecule has 0 aliphatic rings. The minimum atomic E-state index is 0.751. The van der Waals surface area contributed by atoms with Crippen LogP contribution in [0.3, 0.4) is 0 Å². The van der Waals surface area contributed by atoms with E-state index in [9.17, 15) is 0 Å². The Hall–Kier alpha value is -0.510. The van der Waals surface area contributed by atoms with Crippen molar-refractivity contribution in [1.29, 1.82) is 0 Å². The lowest BCUT2D eigenvalue weighted by Gasteiger charge is -2.00. The van der Waals surface area contributed by atoms with Crippen molar-refractivity contribution in [3.8, 4) is 0 Å². The summed E-state index contributed by atoms with van der Waals surface area (Å²) in [7, 11) is 0. The van der Waals surface area contributed by atoms with Crippen LogP contribution in [0.25, 0.3) is 0 Å². The van der Waals surface area contributed by atoms with Crippen LogP contribution >= 0.6 is 39.3 Å². The third-order valence-electron chi connectivity index (χ3n) is 1.73. The van der Waals surface area contributed by atoms with Crippen LogP contribution in [0.2, 0.25) is 5.02 Å². The quantitative estimate of drug-likeness (QED) is 0.749. The van der Waals surface area contributed by atoms with Crippen molar-refractivity contribution in [1.82, 2.24) is 4.98 Å². The summed E-state index contributed by atoms with van der Waals surface area (Å²) in [5.74, 6) is 0. The predicted molar refractivity (Wildman–Crippen MR) is 67.5 cm³/mol. The summed E-state index contributed by atoms with van der Waals surface area (Å²) in [6, 6.07) is 13.6. The number of halogens is 2. The summed E-state index contributed by atoms with van der Waals surface area (Å²) in [6.07, 6.45) is 0. The molecule has 0 saturated carbocycles. The maximum absolute atomic E-state index is 5.81. The Morgan fingerprint density at radius 2 is 1.80 bits per heavy atom. The van der Waals surface area contributed by atoms with Gasteiger partial charge in [0.25, 0.3) is 0 Å². The second-order valence-corrected chi connectivity index (χ2v) is 5.20. The molecule has 1 nitrogen and oxygen atoms in total. The molecule has 1 aromatic carbocycles. The lowest BCUT2D eigenvalue weighted by Crippen LogP contribution is -1.79. The number of rotatable bonds is 2. The molecule has 4 heteroatoms. The molecule has 2 rings (SSSR count). The molecule has 0 bridgehead atoms. The van der Waals surface area contributed by atoms with E-state index in [4.69, 9.17) is 11.6 Å². The highest BCUT2D eigenvalue weighted by atomic mass is 79.9. The van der Waals surface area contributed by atoms with Crippen molar-refractivity contribution >= 4 is 39.3 Å². The molecule has 1 heterocycles. The Labute approximate surface area is 106 Å². The summed E-state index contributed by atoms with van der Waals surface area (Å²) in [5, 5.41) is 1.72. The molecule has 0 fully saturated rings. The summed E-state index contributed by atoms with van der Waals surface area (Å²) < 4.78 is 0.849. The van der Waals surface area contributed by atoms with Gasteiger partial charge in [-0.1, -0.05) is 29.4 Å². The van der Waals surface area contributed by atoms with Gasteiger partial charge in [-0.15, -0.1) is 0 Å². The molecule has 15 heavy (non-hydrogen) atoms. The molecule has 0 saturated heterocycles. The van der Waals surface area contributed by atoms with Crippen LogP contribution in [-0.2, 0) is 0 Å².